The maximum Gasteiger partial charge on any atom is 0.138 e. The molecule has 28 heavy (non-hydrogen) atoms. The molecule has 0 aliphatic heterocycles. The summed E-state index contributed by atoms with van der Waals surface area (Å²) in [6.45, 7) is 6.90. The Balaban J connectivity index is 1.94. The second-order valence-corrected chi connectivity index (χ2v) is 12.1. The summed E-state index contributed by atoms with van der Waals surface area (Å²) in [5.41, 5.74) is 8.25. The van der Waals surface area contributed by atoms with Crippen molar-refractivity contribution < 1.29 is 0 Å². The second kappa shape index (κ2) is 9.44. The van der Waals surface area contributed by atoms with Gasteiger partial charge in [-0.05, 0) is 66.7 Å². The maximum atomic E-state index is 3.69. The van der Waals surface area contributed by atoms with Crippen LogP contribution in [-0.4, -0.2) is 8.07 Å². The lowest BCUT2D eigenvalue weighted by Crippen LogP contribution is -2.29. The molecule has 2 heteroatoms. The first-order valence-electron chi connectivity index (χ1n) is 10.2. The molecule has 0 heterocycles. The van der Waals surface area contributed by atoms with Gasteiger partial charge in [0.25, 0.3) is 0 Å². The number of para-hydroxylation sites is 2. The summed E-state index contributed by atoms with van der Waals surface area (Å²) >= 11 is 0. The summed E-state index contributed by atoms with van der Waals surface area (Å²) in [5, 5.41) is 0. The third-order valence-corrected chi connectivity index (χ3v) is 10.4. The number of anilines is 3. The molecule has 3 aromatic rings. The molecule has 0 aliphatic carbocycles. The highest BCUT2D eigenvalue weighted by Gasteiger charge is 2.24. The molecule has 0 N–H and O–H groups in total. The lowest BCUT2D eigenvalue weighted by Gasteiger charge is -2.25. The topological polar surface area (TPSA) is 3.24 Å². The minimum Gasteiger partial charge on any atom is -0.311 e. The summed E-state index contributed by atoms with van der Waals surface area (Å²) < 4.78 is 0. The van der Waals surface area contributed by atoms with Gasteiger partial charge in [-0.3, -0.25) is 0 Å². The van der Waals surface area contributed by atoms with E-state index in [0.717, 1.165) is 22.6 Å². The molecule has 0 unspecified atom stereocenters. The van der Waals surface area contributed by atoms with Gasteiger partial charge in [0.15, 0.2) is 0 Å². The Morgan fingerprint density at radius 1 is 0.607 bits per heavy atom. The van der Waals surface area contributed by atoms with Gasteiger partial charge >= 0.3 is 0 Å². The monoisotopic (exact) mass is 383 g/mol. The van der Waals surface area contributed by atoms with Gasteiger partial charge in [0, 0.05) is 22.6 Å². The lowest BCUT2D eigenvalue weighted by atomic mass is 10.1. The fraction of sp³-hybridized carbons (Fsp3) is 0.231. The van der Waals surface area contributed by atoms with E-state index in [1.54, 1.807) is 0 Å². The van der Waals surface area contributed by atoms with E-state index in [1.165, 1.54) is 18.1 Å². The van der Waals surface area contributed by atoms with E-state index in [1.807, 2.05) is 0 Å². The number of rotatable bonds is 6. The summed E-state index contributed by atoms with van der Waals surface area (Å²) in [6.07, 6.45) is 0. The number of hydrogen-bond acceptors (Lipinski definition) is 1. The van der Waals surface area contributed by atoms with Gasteiger partial charge < -0.3 is 4.90 Å². The SMILES string of the molecule is CC[Si](C#Cc1ccc(N(c2ccccc2)c2ccccc2)cc1)(CC)CC. The van der Waals surface area contributed by atoms with Crippen molar-refractivity contribution in [3.63, 3.8) is 0 Å². The molecule has 0 radical (unpaired) electrons. The third-order valence-electron chi connectivity index (χ3n) is 5.66. The van der Waals surface area contributed by atoms with Crippen LogP contribution in [0.15, 0.2) is 84.9 Å². The molecular weight excluding hydrogens is 354 g/mol. The Labute approximate surface area is 171 Å². The fourth-order valence-electron chi connectivity index (χ4n) is 3.52. The molecule has 0 saturated carbocycles. The van der Waals surface area contributed by atoms with Crippen molar-refractivity contribution in [2.75, 3.05) is 4.90 Å². The van der Waals surface area contributed by atoms with E-state index in [0.29, 0.717) is 0 Å². The van der Waals surface area contributed by atoms with Gasteiger partial charge in [0.05, 0.1) is 0 Å². The van der Waals surface area contributed by atoms with Crippen LogP contribution in [0.2, 0.25) is 18.1 Å². The minimum absolute atomic E-state index is 1.11. The predicted molar refractivity (Wildman–Crippen MR) is 125 cm³/mol. The Morgan fingerprint density at radius 2 is 1.04 bits per heavy atom. The van der Waals surface area contributed by atoms with Gasteiger partial charge in [-0.2, -0.15) is 0 Å². The highest BCUT2D eigenvalue weighted by Crippen LogP contribution is 2.34. The van der Waals surface area contributed by atoms with Gasteiger partial charge in [-0.1, -0.05) is 63.1 Å². The zero-order valence-corrected chi connectivity index (χ0v) is 18.2. The van der Waals surface area contributed by atoms with E-state index in [9.17, 15) is 0 Å². The summed E-state index contributed by atoms with van der Waals surface area (Å²) in [6, 6.07) is 33.4. The van der Waals surface area contributed by atoms with Crippen LogP contribution in [0.25, 0.3) is 0 Å². The predicted octanol–water partition coefficient (Wildman–Crippen LogP) is 7.56. The van der Waals surface area contributed by atoms with E-state index in [-0.39, 0.29) is 0 Å². The average Bonchev–Trinajstić information content (AvgIpc) is 2.78. The number of benzene rings is 3. The first kappa shape index (κ1) is 20.0. The van der Waals surface area contributed by atoms with Crippen LogP contribution in [-0.2, 0) is 0 Å². The van der Waals surface area contributed by atoms with E-state index in [2.05, 4.69) is 122 Å². The van der Waals surface area contributed by atoms with Gasteiger partial charge in [-0.25, -0.2) is 0 Å². The van der Waals surface area contributed by atoms with Crippen LogP contribution in [0.5, 0.6) is 0 Å². The van der Waals surface area contributed by atoms with Crippen LogP contribution >= 0.6 is 0 Å². The molecule has 0 fully saturated rings. The van der Waals surface area contributed by atoms with Gasteiger partial charge in [0.2, 0.25) is 0 Å². The van der Waals surface area contributed by atoms with Crippen molar-refractivity contribution in [3.8, 4) is 11.5 Å². The first-order chi connectivity index (χ1) is 13.7. The third kappa shape index (κ3) is 4.55. The largest absolute Gasteiger partial charge is 0.311 e. The van der Waals surface area contributed by atoms with E-state index >= 15 is 0 Å². The molecular formula is C26H29NSi. The minimum atomic E-state index is -1.41. The highest BCUT2D eigenvalue weighted by molar-refractivity contribution is 6.87. The lowest BCUT2D eigenvalue weighted by molar-refractivity contribution is 1.20. The second-order valence-electron chi connectivity index (χ2n) is 7.14. The molecule has 0 atom stereocenters. The van der Waals surface area contributed by atoms with Crippen molar-refractivity contribution in [1.29, 1.82) is 0 Å². The Bertz CT molecular complexity index is 869. The standard InChI is InChI=1S/C26H29NSi/c1-4-28(5-2,6-3)22-21-23-17-19-26(20-18-23)27(24-13-9-7-10-14-24)25-15-11-8-12-16-25/h7-20H,4-6H2,1-3H3. The molecule has 0 spiro atoms. The molecule has 0 aliphatic rings. The molecule has 0 bridgehead atoms. The van der Waals surface area contributed by atoms with Gasteiger partial charge in [-0.15, -0.1) is 5.54 Å². The Kier molecular flexibility index (Phi) is 6.74. The Morgan fingerprint density at radius 3 is 1.46 bits per heavy atom. The van der Waals surface area contributed by atoms with Crippen molar-refractivity contribution in [3.05, 3.63) is 90.5 Å². The zero-order valence-electron chi connectivity index (χ0n) is 17.2. The van der Waals surface area contributed by atoms with Crippen LogP contribution in [0, 0.1) is 11.5 Å². The normalized spacial score (nSPS) is 10.8. The Hall–Kier alpha value is -2.76. The quantitative estimate of drug-likeness (QED) is 0.313. The van der Waals surface area contributed by atoms with Crippen molar-refractivity contribution in [1.82, 2.24) is 0 Å². The molecule has 0 aromatic heterocycles. The zero-order chi connectivity index (χ0) is 19.8. The summed E-state index contributed by atoms with van der Waals surface area (Å²) in [4.78, 5) is 2.28. The first-order valence-corrected chi connectivity index (χ1v) is 12.9. The molecule has 0 saturated heterocycles. The molecule has 142 valence electrons. The van der Waals surface area contributed by atoms with Gasteiger partial charge in [0.1, 0.15) is 8.07 Å². The van der Waals surface area contributed by atoms with E-state index < -0.39 is 8.07 Å². The summed E-state index contributed by atoms with van der Waals surface area (Å²) in [7, 11) is -1.41. The van der Waals surface area contributed by atoms with E-state index in [4.69, 9.17) is 0 Å². The molecule has 3 aromatic carbocycles. The van der Waals surface area contributed by atoms with Crippen LogP contribution in [0.1, 0.15) is 26.3 Å². The van der Waals surface area contributed by atoms with Crippen molar-refractivity contribution >= 4 is 25.1 Å². The van der Waals surface area contributed by atoms with Crippen molar-refractivity contribution in [2.24, 2.45) is 0 Å². The van der Waals surface area contributed by atoms with Crippen LogP contribution < -0.4 is 4.90 Å². The number of nitrogens with zero attached hydrogens (tertiary/aromatic N) is 1. The molecule has 0 amide bonds. The van der Waals surface area contributed by atoms with Crippen molar-refractivity contribution in [2.45, 2.75) is 38.9 Å². The smallest absolute Gasteiger partial charge is 0.138 e. The average molecular weight is 384 g/mol. The molecule has 3 rings (SSSR count). The van der Waals surface area contributed by atoms with Crippen LogP contribution in [0.3, 0.4) is 0 Å². The molecule has 1 nitrogen and oxygen atoms in total. The van der Waals surface area contributed by atoms with Crippen LogP contribution in [0.4, 0.5) is 17.1 Å². The highest BCUT2D eigenvalue weighted by atomic mass is 28.3. The summed E-state index contributed by atoms with van der Waals surface area (Å²) in [5.74, 6) is 3.48. The number of hydrogen-bond donors (Lipinski definition) is 0. The maximum absolute atomic E-state index is 3.69. The fourth-order valence-corrected chi connectivity index (χ4v) is 5.95.